The van der Waals surface area contributed by atoms with E-state index in [4.69, 9.17) is 4.74 Å². The van der Waals surface area contributed by atoms with Crippen LogP contribution in [-0.4, -0.2) is 46.0 Å². The number of ether oxygens (including phenoxy) is 1. The minimum Gasteiger partial charge on any atom is -0.410 e. The number of aromatic amines is 1. The number of hydrogen-bond acceptors (Lipinski definition) is 4. The number of H-pyrrole nitrogens is 1. The van der Waals surface area contributed by atoms with Gasteiger partial charge in [0.15, 0.2) is 0 Å². The van der Waals surface area contributed by atoms with E-state index in [2.05, 4.69) is 15.3 Å². The highest BCUT2D eigenvalue weighted by Gasteiger charge is 2.25. The second-order valence-electron chi connectivity index (χ2n) is 6.55. The van der Waals surface area contributed by atoms with Crippen molar-refractivity contribution in [2.75, 3.05) is 13.1 Å². The second kappa shape index (κ2) is 7.49. The average molecular weight is 364 g/mol. The number of fused-ring (bicyclic) bond motifs is 1. The van der Waals surface area contributed by atoms with E-state index in [1.54, 1.807) is 35.5 Å². The van der Waals surface area contributed by atoms with Crippen molar-refractivity contribution in [2.24, 2.45) is 0 Å². The largest absolute Gasteiger partial charge is 0.415 e. The van der Waals surface area contributed by atoms with E-state index >= 15 is 0 Å². The summed E-state index contributed by atoms with van der Waals surface area (Å²) in [5, 5.41) is 3.05. The van der Waals surface area contributed by atoms with E-state index in [1.165, 1.54) is 0 Å². The fourth-order valence-electron chi connectivity index (χ4n) is 3.21. The SMILES string of the molecule is O=C(NC1CCN(C(=O)Oc2ccccc2)CC1)c1ccc2nc[nH]c2c1. The molecular formula is C20H20N4O3. The van der Waals surface area contributed by atoms with Crippen molar-refractivity contribution in [3.63, 3.8) is 0 Å². The lowest BCUT2D eigenvalue weighted by atomic mass is 10.0. The normalized spacial score (nSPS) is 14.9. The third kappa shape index (κ3) is 3.92. The third-order valence-electron chi connectivity index (χ3n) is 4.72. The molecule has 1 saturated heterocycles. The van der Waals surface area contributed by atoms with Crippen LogP contribution >= 0.6 is 0 Å². The van der Waals surface area contributed by atoms with E-state index in [0.717, 1.165) is 11.0 Å². The van der Waals surface area contributed by atoms with Crippen molar-refractivity contribution in [1.82, 2.24) is 20.2 Å². The molecule has 0 atom stereocenters. The number of imidazole rings is 1. The molecule has 2 amide bonds. The Bertz CT molecular complexity index is 946. The lowest BCUT2D eigenvalue weighted by molar-refractivity contribution is 0.0910. The smallest absolute Gasteiger partial charge is 0.410 e. The molecule has 138 valence electrons. The third-order valence-corrected chi connectivity index (χ3v) is 4.72. The number of amides is 2. The van der Waals surface area contributed by atoms with Gasteiger partial charge in [-0.1, -0.05) is 18.2 Å². The number of rotatable bonds is 3. The Morgan fingerprint density at radius 1 is 1.11 bits per heavy atom. The standard InChI is InChI=1S/C20H20N4O3/c25-19(14-6-7-17-18(12-14)22-13-21-17)23-15-8-10-24(11-9-15)20(26)27-16-4-2-1-3-5-16/h1-7,12-13,15H,8-11H2,(H,21,22)(H,23,25). The molecule has 2 aromatic carbocycles. The quantitative estimate of drug-likeness (QED) is 0.748. The maximum atomic E-state index is 12.5. The molecule has 1 fully saturated rings. The van der Waals surface area contributed by atoms with Gasteiger partial charge in [-0.25, -0.2) is 9.78 Å². The molecule has 0 radical (unpaired) electrons. The Labute approximate surface area is 156 Å². The molecule has 0 bridgehead atoms. The van der Waals surface area contributed by atoms with E-state index < -0.39 is 0 Å². The van der Waals surface area contributed by atoms with Gasteiger partial charge in [0, 0.05) is 24.7 Å². The molecule has 7 nitrogen and oxygen atoms in total. The summed E-state index contributed by atoms with van der Waals surface area (Å²) in [6.45, 7) is 1.10. The molecule has 3 aromatic rings. The van der Waals surface area contributed by atoms with Crippen LogP contribution in [0.1, 0.15) is 23.2 Å². The zero-order chi connectivity index (χ0) is 18.6. The van der Waals surface area contributed by atoms with Crippen molar-refractivity contribution < 1.29 is 14.3 Å². The van der Waals surface area contributed by atoms with Gasteiger partial charge >= 0.3 is 6.09 Å². The molecule has 7 heteroatoms. The van der Waals surface area contributed by atoms with Crippen LogP contribution in [0.3, 0.4) is 0 Å². The zero-order valence-corrected chi connectivity index (χ0v) is 14.7. The molecule has 4 rings (SSSR count). The van der Waals surface area contributed by atoms with Gasteiger partial charge in [-0.15, -0.1) is 0 Å². The number of nitrogens with one attached hydrogen (secondary N) is 2. The molecule has 0 unspecified atom stereocenters. The molecule has 1 aliphatic heterocycles. The summed E-state index contributed by atoms with van der Waals surface area (Å²) in [4.78, 5) is 33.5. The molecule has 0 saturated carbocycles. The van der Waals surface area contributed by atoms with Gasteiger partial charge < -0.3 is 19.9 Å². The lowest BCUT2D eigenvalue weighted by Crippen LogP contribution is -2.47. The van der Waals surface area contributed by atoms with Crippen LogP contribution < -0.4 is 10.1 Å². The van der Waals surface area contributed by atoms with Crippen molar-refractivity contribution in [3.8, 4) is 5.75 Å². The summed E-state index contributed by atoms with van der Waals surface area (Å²) in [5.74, 6) is 0.420. The van der Waals surface area contributed by atoms with Gasteiger partial charge in [0.05, 0.1) is 17.4 Å². The van der Waals surface area contributed by atoms with Crippen molar-refractivity contribution in [3.05, 3.63) is 60.4 Å². The summed E-state index contributed by atoms with van der Waals surface area (Å²) < 4.78 is 5.36. The lowest BCUT2D eigenvalue weighted by Gasteiger charge is -2.31. The Hall–Kier alpha value is -3.35. The maximum absolute atomic E-state index is 12.5. The molecule has 1 aliphatic rings. The van der Waals surface area contributed by atoms with Gasteiger partial charge in [-0.2, -0.15) is 0 Å². The van der Waals surface area contributed by atoms with Gasteiger partial charge in [-0.3, -0.25) is 4.79 Å². The van der Waals surface area contributed by atoms with Crippen LogP contribution in [0.5, 0.6) is 5.75 Å². The topological polar surface area (TPSA) is 87.3 Å². The minimum atomic E-state index is -0.351. The molecule has 0 aliphatic carbocycles. The van der Waals surface area contributed by atoms with Gasteiger partial charge in [-0.05, 0) is 43.2 Å². The number of hydrogen-bond donors (Lipinski definition) is 2. The average Bonchev–Trinajstić information content (AvgIpc) is 3.17. The van der Waals surface area contributed by atoms with Gasteiger partial charge in [0.2, 0.25) is 0 Å². The highest BCUT2D eigenvalue weighted by atomic mass is 16.6. The maximum Gasteiger partial charge on any atom is 0.415 e. The number of likely N-dealkylation sites (tertiary alicyclic amines) is 1. The fraction of sp³-hybridized carbons (Fsp3) is 0.250. The summed E-state index contributed by atoms with van der Waals surface area (Å²) in [6, 6.07) is 14.4. The number of benzene rings is 2. The predicted octanol–water partition coefficient (Wildman–Crippen LogP) is 2.96. The number of carbonyl (C=O) groups is 2. The van der Waals surface area contributed by atoms with Crippen LogP contribution in [-0.2, 0) is 0 Å². The Balaban J connectivity index is 1.30. The van der Waals surface area contributed by atoms with Crippen molar-refractivity contribution in [2.45, 2.75) is 18.9 Å². The van der Waals surface area contributed by atoms with Crippen LogP contribution in [0.4, 0.5) is 4.79 Å². The first-order chi connectivity index (χ1) is 13.2. The molecule has 27 heavy (non-hydrogen) atoms. The molecule has 2 N–H and O–H groups in total. The first-order valence-electron chi connectivity index (χ1n) is 8.95. The Kier molecular flexibility index (Phi) is 4.74. The number of piperidine rings is 1. The highest BCUT2D eigenvalue weighted by molar-refractivity contribution is 5.97. The van der Waals surface area contributed by atoms with Crippen LogP contribution in [0.2, 0.25) is 0 Å². The highest BCUT2D eigenvalue weighted by Crippen LogP contribution is 2.16. The molecular weight excluding hydrogens is 344 g/mol. The minimum absolute atomic E-state index is 0.0377. The number of para-hydroxylation sites is 1. The number of nitrogens with zero attached hydrogens (tertiary/aromatic N) is 2. The monoisotopic (exact) mass is 364 g/mol. The van der Waals surface area contributed by atoms with E-state index in [1.807, 2.05) is 24.3 Å². The molecule has 0 spiro atoms. The fourth-order valence-corrected chi connectivity index (χ4v) is 3.21. The van der Waals surface area contributed by atoms with Crippen LogP contribution in [0, 0.1) is 0 Å². The van der Waals surface area contributed by atoms with E-state index in [-0.39, 0.29) is 18.0 Å². The predicted molar refractivity (Wildman–Crippen MR) is 101 cm³/mol. The number of carbonyl (C=O) groups excluding carboxylic acids is 2. The Morgan fingerprint density at radius 2 is 1.89 bits per heavy atom. The van der Waals surface area contributed by atoms with Gasteiger partial charge in [0.25, 0.3) is 5.91 Å². The van der Waals surface area contributed by atoms with Crippen LogP contribution in [0.15, 0.2) is 54.9 Å². The summed E-state index contributed by atoms with van der Waals surface area (Å²) >= 11 is 0. The summed E-state index contributed by atoms with van der Waals surface area (Å²) in [7, 11) is 0. The zero-order valence-electron chi connectivity index (χ0n) is 14.7. The summed E-state index contributed by atoms with van der Waals surface area (Å²) in [6.07, 6.45) is 2.65. The Morgan fingerprint density at radius 3 is 2.67 bits per heavy atom. The van der Waals surface area contributed by atoms with E-state index in [0.29, 0.717) is 37.2 Å². The number of aromatic nitrogens is 2. The van der Waals surface area contributed by atoms with Crippen molar-refractivity contribution >= 4 is 23.0 Å². The van der Waals surface area contributed by atoms with Crippen molar-refractivity contribution in [1.29, 1.82) is 0 Å². The van der Waals surface area contributed by atoms with Crippen LogP contribution in [0.25, 0.3) is 11.0 Å². The van der Waals surface area contributed by atoms with E-state index in [9.17, 15) is 9.59 Å². The van der Waals surface area contributed by atoms with Gasteiger partial charge in [0.1, 0.15) is 5.75 Å². The second-order valence-corrected chi connectivity index (χ2v) is 6.55. The molecule has 1 aromatic heterocycles. The molecule has 2 heterocycles. The first-order valence-corrected chi connectivity index (χ1v) is 8.95. The summed E-state index contributed by atoms with van der Waals surface area (Å²) in [5.41, 5.74) is 2.26. The first kappa shape index (κ1) is 17.1.